The van der Waals surface area contributed by atoms with Crippen molar-refractivity contribution in [3.8, 4) is 0 Å². The number of aromatic nitrogens is 3. The average molecular weight is 170 g/mol. The van der Waals surface area contributed by atoms with E-state index in [0.717, 1.165) is 0 Å². The van der Waals surface area contributed by atoms with Crippen LogP contribution in [0, 0.1) is 0 Å². The molecule has 1 rings (SSSR count). The van der Waals surface area contributed by atoms with Gasteiger partial charge in [0, 0.05) is 6.04 Å². The SMILES string of the molecule is CNC(O)c1ncnn1C(C)C. The van der Waals surface area contributed by atoms with Crippen LogP contribution in [0.5, 0.6) is 0 Å². The number of hydrogen-bond acceptors (Lipinski definition) is 4. The summed E-state index contributed by atoms with van der Waals surface area (Å²) < 4.78 is 1.68. The second kappa shape index (κ2) is 3.64. The van der Waals surface area contributed by atoms with Crippen LogP contribution in [0.1, 0.15) is 31.9 Å². The van der Waals surface area contributed by atoms with Crippen molar-refractivity contribution in [3.63, 3.8) is 0 Å². The van der Waals surface area contributed by atoms with Crippen molar-refractivity contribution in [2.24, 2.45) is 0 Å². The Bertz CT molecular complexity index is 245. The zero-order valence-electron chi connectivity index (χ0n) is 7.52. The van der Waals surface area contributed by atoms with E-state index in [1.165, 1.54) is 6.33 Å². The molecule has 0 radical (unpaired) electrons. The van der Waals surface area contributed by atoms with Crippen LogP contribution in [0.25, 0.3) is 0 Å². The number of nitrogens with one attached hydrogen (secondary N) is 1. The van der Waals surface area contributed by atoms with Crippen molar-refractivity contribution < 1.29 is 5.11 Å². The maximum absolute atomic E-state index is 9.41. The third kappa shape index (κ3) is 1.62. The molecule has 0 spiro atoms. The van der Waals surface area contributed by atoms with Crippen molar-refractivity contribution in [2.45, 2.75) is 26.1 Å². The number of aliphatic hydroxyl groups excluding tert-OH is 1. The van der Waals surface area contributed by atoms with Gasteiger partial charge in [-0.1, -0.05) is 0 Å². The molecule has 0 aliphatic heterocycles. The first-order chi connectivity index (χ1) is 5.66. The Kier molecular flexibility index (Phi) is 2.78. The van der Waals surface area contributed by atoms with Crippen molar-refractivity contribution in [1.82, 2.24) is 20.1 Å². The number of hydrogen-bond donors (Lipinski definition) is 2. The molecule has 12 heavy (non-hydrogen) atoms. The van der Waals surface area contributed by atoms with E-state index in [2.05, 4.69) is 15.4 Å². The lowest BCUT2D eigenvalue weighted by atomic mass is 10.4. The summed E-state index contributed by atoms with van der Waals surface area (Å²) in [6, 6.07) is 0.213. The van der Waals surface area contributed by atoms with E-state index in [4.69, 9.17) is 0 Å². The fraction of sp³-hybridized carbons (Fsp3) is 0.714. The summed E-state index contributed by atoms with van der Waals surface area (Å²) in [6.07, 6.45) is 0.700. The minimum atomic E-state index is -0.741. The first kappa shape index (κ1) is 9.15. The first-order valence-corrected chi connectivity index (χ1v) is 3.91. The van der Waals surface area contributed by atoms with E-state index in [1.807, 2.05) is 13.8 Å². The summed E-state index contributed by atoms with van der Waals surface area (Å²) >= 11 is 0. The van der Waals surface area contributed by atoms with Gasteiger partial charge in [0.05, 0.1) is 0 Å². The second-order valence-electron chi connectivity index (χ2n) is 2.85. The van der Waals surface area contributed by atoms with Crippen LogP contribution in [0.3, 0.4) is 0 Å². The lowest BCUT2D eigenvalue weighted by Gasteiger charge is -2.12. The molecule has 0 aliphatic rings. The normalized spacial score (nSPS) is 13.8. The summed E-state index contributed by atoms with van der Waals surface area (Å²) in [5.74, 6) is 0.549. The Labute approximate surface area is 71.4 Å². The number of nitrogens with zero attached hydrogens (tertiary/aromatic N) is 3. The molecule has 0 fully saturated rings. The lowest BCUT2D eigenvalue weighted by Crippen LogP contribution is -2.21. The molecule has 0 saturated carbocycles. The zero-order chi connectivity index (χ0) is 9.14. The van der Waals surface area contributed by atoms with E-state index < -0.39 is 6.23 Å². The smallest absolute Gasteiger partial charge is 0.171 e. The molecule has 1 unspecified atom stereocenters. The Morgan fingerprint density at radius 1 is 1.58 bits per heavy atom. The Morgan fingerprint density at radius 3 is 2.75 bits per heavy atom. The molecule has 5 nitrogen and oxygen atoms in total. The summed E-state index contributed by atoms with van der Waals surface area (Å²) in [7, 11) is 1.67. The number of rotatable bonds is 3. The molecule has 0 saturated heterocycles. The molecular weight excluding hydrogens is 156 g/mol. The molecule has 1 atom stereocenters. The molecule has 1 aromatic rings. The largest absolute Gasteiger partial charge is 0.371 e. The van der Waals surface area contributed by atoms with E-state index in [-0.39, 0.29) is 6.04 Å². The van der Waals surface area contributed by atoms with Gasteiger partial charge in [0.2, 0.25) is 0 Å². The van der Waals surface area contributed by atoms with Gasteiger partial charge >= 0.3 is 0 Å². The van der Waals surface area contributed by atoms with Gasteiger partial charge < -0.3 is 5.11 Å². The quantitative estimate of drug-likeness (QED) is 0.630. The third-order valence-electron chi connectivity index (χ3n) is 1.61. The van der Waals surface area contributed by atoms with Crippen molar-refractivity contribution in [2.75, 3.05) is 7.05 Å². The van der Waals surface area contributed by atoms with Gasteiger partial charge in [0.25, 0.3) is 0 Å². The molecule has 1 heterocycles. The number of aliphatic hydroxyl groups is 1. The molecule has 1 aromatic heterocycles. The molecule has 0 bridgehead atoms. The monoisotopic (exact) mass is 170 g/mol. The van der Waals surface area contributed by atoms with Gasteiger partial charge in [-0.2, -0.15) is 5.10 Å². The molecule has 0 amide bonds. The topological polar surface area (TPSA) is 63.0 Å². The van der Waals surface area contributed by atoms with Gasteiger partial charge in [-0.05, 0) is 20.9 Å². The Morgan fingerprint density at radius 2 is 2.25 bits per heavy atom. The minimum Gasteiger partial charge on any atom is -0.371 e. The zero-order valence-corrected chi connectivity index (χ0v) is 7.52. The van der Waals surface area contributed by atoms with Gasteiger partial charge in [-0.3, -0.25) is 5.32 Å². The molecular formula is C7H14N4O. The third-order valence-corrected chi connectivity index (χ3v) is 1.61. The van der Waals surface area contributed by atoms with Crippen molar-refractivity contribution >= 4 is 0 Å². The van der Waals surface area contributed by atoms with Crippen LogP contribution >= 0.6 is 0 Å². The van der Waals surface area contributed by atoms with E-state index in [9.17, 15) is 5.11 Å². The average Bonchev–Trinajstić information content (AvgIpc) is 2.50. The van der Waals surface area contributed by atoms with Crippen molar-refractivity contribution in [3.05, 3.63) is 12.2 Å². The molecule has 0 aliphatic carbocycles. The first-order valence-electron chi connectivity index (χ1n) is 3.91. The van der Waals surface area contributed by atoms with Crippen LogP contribution in [0.4, 0.5) is 0 Å². The summed E-state index contributed by atoms with van der Waals surface area (Å²) in [5.41, 5.74) is 0. The fourth-order valence-corrected chi connectivity index (χ4v) is 0.982. The Hall–Kier alpha value is -0.940. The van der Waals surface area contributed by atoms with E-state index in [1.54, 1.807) is 11.7 Å². The van der Waals surface area contributed by atoms with Gasteiger partial charge in [-0.15, -0.1) is 0 Å². The van der Waals surface area contributed by atoms with E-state index >= 15 is 0 Å². The highest BCUT2D eigenvalue weighted by molar-refractivity contribution is 4.89. The maximum atomic E-state index is 9.41. The van der Waals surface area contributed by atoms with Crippen LogP contribution in [0.15, 0.2) is 6.33 Å². The van der Waals surface area contributed by atoms with Crippen LogP contribution in [-0.2, 0) is 0 Å². The van der Waals surface area contributed by atoms with E-state index in [0.29, 0.717) is 5.82 Å². The fourth-order valence-electron chi connectivity index (χ4n) is 0.982. The van der Waals surface area contributed by atoms with Gasteiger partial charge in [0.1, 0.15) is 6.33 Å². The molecule has 2 N–H and O–H groups in total. The highest BCUT2D eigenvalue weighted by atomic mass is 16.3. The lowest BCUT2D eigenvalue weighted by molar-refractivity contribution is 0.131. The summed E-state index contributed by atoms with van der Waals surface area (Å²) in [4.78, 5) is 3.95. The minimum absolute atomic E-state index is 0.213. The second-order valence-corrected chi connectivity index (χ2v) is 2.85. The van der Waals surface area contributed by atoms with Crippen LogP contribution < -0.4 is 5.32 Å². The summed E-state index contributed by atoms with van der Waals surface area (Å²) in [6.45, 7) is 3.97. The van der Waals surface area contributed by atoms with Crippen molar-refractivity contribution in [1.29, 1.82) is 0 Å². The predicted octanol–water partition coefficient (Wildman–Crippen LogP) is 0.0693. The molecule has 68 valence electrons. The van der Waals surface area contributed by atoms with Gasteiger partial charge in [0.15, 0.2) is 12.1 Å². The molecule has 5 heteroatoms. The van der Waals surface area contributed by atoms with Crippen LogP contribution in [0.2, 0.25) is 0 Å². The molecule has 0 aromatic carbocycles. The maximum Gasteiger partial charge on any atom is 0.171 e. The standard InChI is InChI=1S/C7H14N4O/c1-5(2)11-6(7(12)8-3)9-4-10-11/h4-5,7-8,12H,1-3H3. The van der Waals surface area contributed by atoms with Gasteiger partial charge in [-0.25, -0.2) is 9.67 Å². The summed E-state index contributed by atoms with van der Waals surface area (Å²) in [5, 5.41) is 16.1. The van der Waals surface area contributed by atoms with Crippen LogP contribution in [-0.4, -0.2) is 26.9 Å². The highest BCUT2D eigenvalue weighted by Gasteiger charge is 2.13. The highest BCUT2D eigenvalue weighted by Crippen LogP contribution is 2.10. The predicted molar refractivity (Wildman–Crippen MR) is 44.4 cm³/mol. The Balaban J connectivity index is 2.91.